The third-order valence-corrected chi connectivity index (χ3v) is 5.56. The van der Waals surface area contributed by atoms with E-state index in [0.29, 0.717) is 0 Å². The molecule has 0 fully saturated rings. The largest absolute Gasteiger partial charge is 0.312 e. The van der Waals surface area contributed by atoms with Crippen molar-refractivity contribution < 1.29 is 0 Å². The van der Waals surface area contributed by atoms with Crippen LogP contribution in [0.2, 0.25) is 5.02 Å². The van der Waals surface area contributed by atoms with Gasteiger partial charge in [0.1, 0.15) is 0 Å². The first-order valence-electron chi connectivity index (χ1n) is 5.82. The van der Waals surface area contributed by atoms with Crippen LogP contribution in [0.25, 0.3) is 0 Å². The van der Waals surface area contributed by atoms with Crippen LogP contribution >= 0.6 is 38.9 Å². The Labute approximate surface area is 122 Å². The first-order valence-corrected chi connectivity index (χ1v) is 7.81. The molecule has 0 spiro atoms. The number of thiophene rings is 1. The molecule has 0 aromatic carbocycles. The van der Waals surface area contributed by atoms with E-state index in [9.17, 15) is 0 Å². The molecule has 0 saturated heterocycles. The Morgan fingerprint density at radius 3 is 2.29 bits per heavy atom. The van der Waals surface area contributed by atoms with E-state index in [1.54, 1.807) is 11.3 Å². The summed E-state index contributed by atoms with van der Waals surface area (Å²) in [5.41, 5.74) is 0.350. The van der Waals surface area contributed by atoms with Crippen LogP contribution in [-0.2, 0) is 5.41 Å². The monoisotopic (exact) mass is 337 g/mol. The standard InChI is InChI=1S/C13H21BrClNS/c1-12(2,3)16-7-6-13(4,5)10-8-9(15)11(14)17-10/h8,16H,6-7H2,1-5H3. The highest BCUT2D eigenvalue weighted by atomic mass is 79.9. The van der Waals surface area contributed by atoms with Gasteiger partial charge in [0.05, 0.1) is 8.81 Å². The second-order valence-electron chi connectivity index (χ2n) is 6.04. The molecule has 17 heavy (non-hydrogen) atoms. The average Bonchev–Trinajstić information content (AvgIpc) is 2.45. The van der Waals surface area contributed by atoms with E-state index in [-0.39, 0.29) is 11.0 Å². The molecule has 0 aliphatic heterocycles. The molecule has 1 rings (SSSR count). The van der Waals surface area contributed by atoms with Crippen molar-refractivity contribution in [2.75, 3.05) is 6.54 Å². The Morgan fingerprint density at radius 1 is 1.29 bits per heavy atom. The van der Waals surface area contributed by atoms with Crippen LogP contribution < -0.4 is 5.32 Å². The van der Waals surface area contributed by atoms with E-state index in [4.69, 9.17) is 11.6 Å². The number of rotatable bonds is 4. The van der Waals surface area contributed by atoms with E-state index < -0.39 is 0 Å². The highest BCUT2D eigenvalue weighted by Crippen LogP contribution is 2.39. The molecule has 0 aliphatic rings. The van der Waals surface area contributed by atoms with Crippen molar-refractivity contribution in [3.05, 3.63) is 19.8 Å². The van der Waals surface area contributed by atoms with Gasteiger partial charge in [0, 0.05) is 15.8 Å². The normalized spacial score (nSPS) is 13.1. The summed E-state index contributed by atoms with van der Waals surface area (Å²) in [6, 6.07) is 2.08. The summed E-state index contributed by atoms with van der Waals surface area (Å²) >= 11 is 11.3. The van der Waals surface area contributed by atoms with Crippen LogP contribution in [0.4, 0.5) is 0 Å². The average molecular weight is 339 g/mol. The summed E-state index contributed by atoms with van der Waals surface area (Å²) in [7, 11) is 0. The first-order chi connectivity index (χ1) is 7.62. The minimum absolute atomic E-state index is 0.165. The fourth-order valence-electron chi connectivity index (χ4n) is 1.55. The van der Waals surface area contributed by atoms with E-state index in [1.807, 2.05) is 0 Å². The third-order valence-electron chi connectivity index (χ3n) is 2.72. The van der Waals surface area contributed by atoms with Crippen molar-refractivity contribution in [3.8, 4) is 0 Å². The fraction of sp³-hybridized carbons (Fsp3) is 0.692. The fourth-order valence-corrected chi connectivity index (χ4v) is 3.39. The van der Waals surface area contributed by atoms with Crippen LogP contribution in [0.1, 0.15) is 45.9 Å². The molecule has 0 unspecified atom stereocenters. The molecule has 4 heteroatoms. The number of hydrogen-bond acceptors (Lipinski definition) is 2. The smallest absolute Gasteiger partial charge is 0.0887 e. The lowest BCUT2D eigenvalue weighted by Crippen LogP contribution is -2.38. The first kappa shape index (κ1) is 15.5. The van der Waals surface area contributed by atoms with Crippen molar-refractivity contribution in [2.24, 2.45) is 0 Å². The minimum Gasteiger partial charge on any atom is -0.312 e. The van der Waals surface area contributed by atoms with Crippen LogP contribution in [0.3, 0.4) is 0 Å². The van der Waals surface area contributed by atoms with Gasteiger partial charge in [0.2, 0.25) is 0 Å². The Morgan fingerprint density at radius 2 is 1.88 bits per heavy atom. The predicted octanol–water partition coefficient (Wildman–Crippen LogP) is 5.22. The summed E-state index contributed by atoms with van der Waals surface area (Å²) in [6.45, 7) is 12.1. The Kier molecular flexibility index (Phi) is 5.10. The second-order valence-corrected chi connectivity index (χ2v) is 8.82. The van der Waals surface area contributed by atoms with Crippen LogP contribution in [-0.4, -0.2) is 12.1 Å². The summed E-state index contributed by atoms with van der Waals surface area (Å²) in [6.07, 6.45) is 1.10. The summed E-state index contributed by atoms with van der Waals surface area (Å²) in [4.78, 5) is 1.34. The SMILES string of the molecule is CC(C)(C)NCCC(C)(C)c1cc(Cl)c(Br)s1. The van der Waals surface area contributed by atoms with Gasteiger partial charge in [-0.05, 0) is 55.7 Å². The molecule has 0 aliphatic carbocycles. The lowest BCUT2D eigenvalue weighted by molar-refractivity contribution is 0.382. The van der Waals surface area contributed by atoms with Gasteiger partial charge < -0.3 is 5.32 Å². The quantitative estimate of drug-likeness (QED) is 0.793. The zero-order valence-corrected chi connectivity index (χ0v) is 14.3. The summed E-state index contributed by atoms with van der Waals surface area (Å²) < 4.78 is 1.03. The summed E-state index contributed by atoms with van der Waals surface area (Å²) in [5, 5.41) is 4.35. The molecule has 1 N–H and O–H groups in total. The molecule has 1 aromatic rings. The number of halogens is 2. The summed E-state index contributed by atoms with van der Waals surface area (Å²) in [5.74, 6) is 0. The molecule has 1 heterocycles. The molecule has 98 valence electrons. The lowest BCUT2D eigenvalue weighted by Gasteiger charge is -2.27. The Balaban J connectivity index is 2.62. The van der Waals surface area contributed by atoms with Gasteiger partial charge in [0.25, 0.3) is 0 Å². The zero-order chi connectivity index (χ0) is 13.3. The van der Waals surface area contributed by atoms with Crippen molar-refractivity contribution in [1.29, 1.82) is 0 Å². The molecule has 0 amide bonds. The minimum atomic E-state index is 0.165. The predicted molar refractivity (Wildman–Crippen MR) is 82.4 cm³/mol. The van der Waals surface area contributed by atoms with Crippen molar-refractivity contribution in [3.63, 3.8) is 0 Å². The molecule has 1 nitrogen and oxygen atoms in total. The van der Waals surface area contributed by atoms with E-state index in [2.05, 4.69) is 61.9 Å². The van der Waals surface area contributed by atoms with Crippen LogP contribution in [0.5, 0.6) is 0 Å². The molecule has 1 aromatic heterocycles. The molecule has 0 radical (unpaired) electrons. The Hall–Kier alpha value is 0.430. The van der Waals surface area contributed by atoms with Crippen molar-refractivity contribution in [1.82, 2.24) is 5.32 Å². The lowest BCUT2D eigenvalue weighted by atomic mass is 9.87. The van der Waals surface area contributed by atoms with Crippen LogP contribution in [0.15, 0.2) is 9.85 Å². The van der Waals surface area contributed by atoms with E-state index in [0.717, 1.165) is 21.8 Å². The maximum absolute atomic E-state index is 6.09. The maximum atomic E-state index is 6.09. The van der Waals surface area contributed by atoms with Crippen molar-refractivity contribution in [2.45, 2.75) is 52.0 Å². The molecular formula is C13H21BrClNS. The topological polar surface area (TPSA) is 12.0 Å². The number of nitrogens with one attached hydrogen (secondary N) is 1. The number of hydrogen-bond donors (Lipinski definition) is 1. The molecule has 0 atom stereocenters. The van der Waals surface area contributed by atoms with Gasteiger partial charge in [-0.2, -0.15) is 0 Å². The Bertz CT molecular complexity index is 360. The van der Waals surface area contributed by atoms with E-state index in [1.165, 1.54) is 4.88 Å². The zero-order valence-electron chi connectivity index (χ0n) is 11.2. The van der Waals surface area contributed by atoms with Gasteiger partial charge >= 0.3 is 0 Å². The highest BCUT2D eigenvalue weighted by molar-refractivity contribution is 9.11. The van der Waals surface area contributed by atoms with Gasteiger partial charge in [0.15, 0.2) is 0 Å². The second kappa shape index (κ2) is 5.60. The van der Waals surface area contributed by atoms with Gasteiger partial charge in [-0.15, -0.1) is 11.3 Å². The van der Waals surface area contributed by atoms with Gasteiger partial charge in [-0.3, -0.25) is 0 Å². The molecule has 0 saturated carbocycles. The van der Waals surface area contributed by atoms with Gasteiger partial charge in [-0.1, -0.05) is 25.4 Å². The maximum Gasteiger partial charge on any atom is 0.0887 e. The molecule has 0 bridgehead atoms. The highest BCUT2D eigenvalue weighted by Gasteiger charge is 2.24. The van der Waals surface area contributed by atoms with E-state index >= 15 is 0 Å². The van der Waals surface area contributed by atoms with Crippen molar-refractivity contribution >= 4 is 38.9 Å². The third kappa shape index (κ3) is 4.90. The van der Waals surface area contributed by atoms with Crippen LogP contribution in [0, 0.1) is 0 Å². The molecular weight excluding hydrogens is 318 g/mol. The van der Waals surface area contributed by atoms with Gasteiger partial charge in [-0.25, -0.2) is 0 Å².